The summed E-state index contributed by atoms with van der Waals surface area (Å²) in [5.74, 6) is -0.376. The van der Waals surface area contributed by atoms with Crippen LogP contribution in [0.5, 0.6) is 0 Å². The summed E-state index contributed by atoms with van der Waals surface area (Å²) in [6.07, 6.45) is 3.06. The maximum absolute atomic E-state index is 13.3. The monoisotopic (exact) mass is 370 g/mol. The third-order valence-electron chi connectivity index (χ3n) is 4.45. The van der Waals surface area contributed by atoms with Crippen LogP contribution in [-0.4, -0.2) is 20.3 Å². The largest absolute Gasteiger partial charge is 0.316 e. The molecule has 6 heteroatoms. The van der Waals surface area contributed by atoms with E-state index in [0.717, 1.165) is 5.69 Å². The van der Waals surface area contributed by atoms with Crippen LogP contribution in [0, 0.1) is 6.92 Å². The van der Waals surface area contributed by atoms with Crippen LogP contribution in [0.4, 0.5) is 5.69 Å². The molecule has 138 valence electrons. The van der Waals surface area contributed by atoms with Crippen molar-refractivity contribution >= 4 is 11.6 Å². The van der Waals surface area contributed by atoms with E-state index >= 15 is 0 Å². The molecule has 0 radical (unpaired) electrons. The fourth-order valence-electron chi connectivity index (χ4n) is 3.11. The van der Waals surface area contributed by atoms with Crippen LogP contribution in [0.1, 0.15) is 16.1 Å². The number of carbonyl (C=O) groups is 1. The van der Waals surface area contributed by atoms with Crippen LogP contribution in [-0.2, 0) is 0 Å². The first-order valence-corrected chi connectivity index (χ1v) is 8.83. The minimum Gasteiger partial charge on any atom is -0.316 e. The summed E-state index contributed by atoms with van der Waals surface area (Å²) in [5, 5.41) is 2.76. The molecule has 2 heterocycles. The molecule has 1 N–H and O–H groups in total. The number of nitrogens with zero attached hydrogens (tertiary/aromatic N) is 3. The number of aromatic nitrogens is 3. The van der Waals surface area contributed by atoms with Crippen molar-refractivity contribution in [2.45, 2.75) is 6.92 Å². The van der Waals surface area contributed by atoms with E-state index < -0.39 is 0 Å². The van der Waals surface area contributed by atoms with Gasteiger partial charge in [0, 0.05) is 12.4 Å². The van der Waals surface area contributed by atoms with Gasteiger partial charge in [0.05, 0.1) is 22.6 Å². The van der Waals surface area contributed by atoms with Crippen molar-refractivity contribution in [3.63, 3.8) is 0 Å². The highest BCUT2D eigenvalue weighted by atomic mass is 16.2. The van der Waals surface area contributed by atoms with Crippen LogP contribution < -0.4 is 10.9 Å². The number of hydrogen-bond acceptors (Lipinski definition) is 3. The SMILES string of the molecule is Cc1c(NC(=O)c2cccnc2)c(=O)n(-c2ccccc2)n1-c1ccccc1. The summed E-state index contributed by atoms with van der Waals surface area (Å²) >= 11 is 0. The normalized spacial score (nSPS) is 10.6. The van der Waals surface area contributed by atoms with E-state index in [0.29, 0.717) is 16.9 Å². The lowest BCUT2D eigenvalue weighted by Crippen LogP contribution is -2.23. The van der Waals surface area contributed by atoms with Crippen molar-refractivity contribution in [3.05, 3.63) is 107 Å². The Balaban J connectivity index is 1.88. The molecular formula is C22H18N4O2. The van der Waals surface area contributed by atoms with E-state index in [-0.39, 0.29) is 17.2 Å². The maximum atomic E-state index is 13.3. The van der Waals surface area contributed by atoms with Gasteiger partial charge in [-0.05, 0) is 43.3 Å². The molecule has 2 aromatic carbocycles. The van der Waals surface area contributed by atoms with Crippen molar-refractivity contribution in [1.29, 1.82) is 0 Å². The molecular weight excluding hydrogens is 352 g/mol. The van der Waals surface area contributed by atoms with Gasteiger partial charge in [-0.25, -0.2) is 9.36 Å². The summed E-state index contributed by atoms with van der Waals surface area (Å²) in [6.45, 7) is 1.81. The number of para-hydroxylation sites is 2. The molecule has 0 unspecified atom stereocenters. The van der Waals surface area contributed by atoms with Crippen LogP contribution in [0.15, 0.2) is 90.0 Å². The highest BCUT2D eigenvalue weighted by Crippen LogP contribution is 2.20. The van der Waals surface area contributed by atoms with E-state index in [1.54, 1.807) is 27.7 Å². The molecule has 0 aliphatic rings. The van der Waals surface area contributed by atoms with Crippen molar-refractivity contribution < 1.29 is 4.79 Å². The molecule has 2 aromatic heterocycles. The molecule has 0 atom stereocenters. The zero-order chi connectivity index (χ0) is 19.5. The van der Waals surface area contributed by atoms with E-state index in [1.807, 2.05) is 67.6 Å². The summed E-state index contributed by atoms with van der Waals surface area (Å²) in [7, 11) is 0. The molecule has 28 heavy (non-hydrogen) atoms. The van der Waals surface area contributed by atoms with Crippen molar-refractivity contribution in [1.82, 2.24) is 14.3 Å². The Morgan fingerprint density at radius 3 is 2.04 bits per heavy atom. The molecule has 4 aromatic rings. The Labute approximate surface area is 161 Å². The molecule has 4 rings (SSSR count). The standard InChI is InChI=1S/C22H18N4O2/c1-16-20(24-21(27)17-9-8-14-23-15-17)22(28)26(19-12-6-3-7-13-19)25(16)18-10-4-2-5-11-18/h2-15H,1H3,(H,24,27). The average Bonchev–Trinajstić information content (AvgIpc) is 3.00. The maximum Gasteiger partial charge on any atom is 0.295 e. The Morgan fingerprint density at radius 2 is 1.46 bits per heavy atom. The van der Waals surface area contributed by atoms with Crippen LogP contribution in [0.3, 0.4) is 0 Å². The first kappa shape index (κ1) is 17.5. The molecule has 0 aliphatic carbocycles. The lowest BCUT2D eigenvalue weighted by atomic mass is 10.2. The second-order valence-corrected chi connectivity index (χ2v) is 6.26. The second kappa shape index (κ2) is 7.36. The number of rotatable bonds is 4. The Hall–Kier alpha value is -3.93. The van der Waals surface area contributed by atoms with Crippen molar-refractivity contribution in [2.75, 3.05) is 5.32 Å². The van der Waals surface area contributed by atoms with Gasteiger partial charge in [0.1, 0.15) is 5.69 Å². The fraction of sp³-hybridized carbons (Fsp3) is 0.0455. The molecule has 1 amide bonds. The lowest BCUT2D eigenvalue weighted by Gasteiger charge is -2.13. The average molecular weight is 370 g/mol. The molecule has 0 aliphatic heterocycles. The molecule has 0 spiro atoms. The van der Waals surface area contributed by atoms with Crippen LogP contribution in [0.25, 0.3) is 11.4 Å². The Morgan fingerprint density at radius 1 is 0.857 bits per heavy atom. The number of carbonyl (C=O) groups excluding carboxylic acids is 1. The predicted molar refractivity (Wildman–Crippen MR) is 108 cm³/mol. The van der Waals surface area contributed by atoms with Crippen LogP contribution >= 0.6 is 0 Å². The molecule has 0 saturated heterocycles. The summed E-state index contributed by atoms with van der Waals surface area (Å²) < 4.78 is 3.36. The minimum absolute atomic E-state index is 0.238. The number of hydrogen-bond donors (Lipinski definition) is 1. The number of anilines is 1. The van der Waals surface area contributed by atoms with Crippen molar-refractivity contribution in [3.8, 4) is 11.4 Å². The Kier molecular flexibility index (Phi) is 4.60. The van der Waals surface area contributed by atoms with Gasteiger partial charge in [0.25, 0.3) is 11.5 Å². The highest BCUT2D eigenvalue weighted by molar-refractivity contribution is 6.04. The molecule has 0 bridgehead atoms. The second-order valence-electron chi connectivity index (χ2n) is 6.26. The summed E-state index contributed by atoms with van der Waals surface area (Å²) in [5.41, 5.74) is 2.49. The summed E-state index contributed by atoms with van der Waals surface area (Å²) in [6, 6.07) is 22.2. The van der Waals surface area contributed by atoms with Crippen LogP contribution in [0.2, 0.25) is 0 Å². The number of pyridine rings is 1. The highest BCUT2D eigenvalue weighted by Gasteiger charge is 2.21. The lowest BCUT2D eigenvalue weighted by molar-refractivity contribution is 0.102. The van der Waals surface area contributed by atoms with Gasteiger partial charge in [-0.2, -0.15) is 0 Å². The van der Waals surface area contributed by atoms with Gasteiger partial charge in [-0.3, -0.25) is 14.6 Å². The first-order chi connectivity index (χ1) is 13.7. The quantitative estimate of drug-likeness (QED) is 0.597. The van der Waals surface area contributed by atoms with Gasteiger partial charge in [0.15, 0.2) is 0 Å². The molecule has 6 nitrogen and oxygen atoms in total. The van der Waals surface area contributed by atoms with E-state index in [9.17, 15) is 9.59 Å². The topological polar surface area (TPSA) is 68.9 Å². The predicted octanol–water partition coefficient (Wildman–Crippen LogP) is 3.58. The molecule has 0 saturated carbocycles. The van der Waals surface area contributed by atoms with Gasteiger partial charge in [0.2, 0.25) is 0 Å². The minimum atomic E-state index is -0.376. The van der Waals surface area contributed by atoms with E-state index in [2.05, 4.69) is 10.3 Å². The number of benzene rings is 2. The number of nitrogens with one attached hydrogen (secondary N) is 1. The van der Waals surface area contributed by atoms with E-state index in [1.165, 1.54) is 6.20 Å². The third-order valence-corrected chi connectivity index (χ3v) is 4.45. The first-order valence-electron chi connectivity index (χ1n) is 8.83. The van der Waals surface area contributed by atoms with E-state index in [4.69, 9.17) is 0 Å². The zero-order valence-corrected chi connectivity index (χ0v) is 15.2. The van der Waals surface area contributed by atoms with Gasteiger partial charge >= 0.3 is 0 Å². The summed E-state index contributed by atoms with van der Waals surface area (Å²) in [4.78, 5) is 29.8. The molecule has 0 fully saturated rings. The smallest absolute Gasteiger partial charge is 0.295 e. The van der Waals surface area contributed by atoms with Gasteiger partial charge in [-0.1, -0.05) is 36.4 Å². The zero-order valence-electron chi connectivity index (χ0n) is 15.2. The Bertz CT molecular complexity index is 1160. The van der Waals surface area contributed by atoms with Crippen molar-refractivity contribution in [2.24, 2.45) is 0 Å². The number of amides is 1. The van der Waals surface area contributed by atoms with Gasteiger partial charge < -0.3 is 5.32 Å². The van der Waals surface area contributed by atoms with Gasteiger partial charge in [-0.15, -0.1) is 0 Å². The fourth-order valence-corrected chi connectivity index (χ4v) is 3.11. The third kappa shape index (κ3) is 3.12.